The van der Waals surface area contributed by atoms with E-state index in [2.05, 4.69) is 49.3 Å². The predicted molar refractivity (Wildman–Crippen MR) is 231 cm³/mol. The van der Waals surface area contributed by atoms with Crippen LogP contribution in [0.3, 0.4) is 0 Å². The van der Waals surface area contributed by atoms with E-state index in [1.807, 2.05) is 88.4 Å². The summed E-state index contributed by atoms with van der Waals surface area (Å²) in [5.41, 5.74) is 5.51. The SMILES string of the molecule is CC1(C)C(/C=C/C=C/C=C/C=C2/N(CCCCS(=O)(=O)NC(CC(=O)O)C(=O)O)c3ccccc3C2(C)C)=[N+](CCCCS(=O)(=O)NC(CC(=O)O)C(=O)O)c2ccccc21. The highest BCUT2D eigenvalue weighted by Crippen LogP contribution is 2.47. The van der Waals surface area contributed by atoms with Gasteiger partial charge in [-0.2, -0.15) is 4.58 Å². The van der Waals surface area contributed by atoms with Crippen LogP contribution in [-0.4, -0.2) is 108 Å². The summed E-state index contributed by atoms with van der Waals surface area (Å²) >= 11 is 0. The number of anilines is 1. The lowest BCUT2D eigenvalue weighted by Crippen LogP contribution is -2.43. The highest BCUT2D eigenvalue weighted by Gasteiger charge is 2.44. The standard InChI is InChI=1S/C43H54N4O12S2/c1-42(2)30-18-10-12-20-34(30)46(24-14-16-26-60(56,57)44-32(40(52)53)28-38(48)49)36(42)22-8-6-5-7-9-23-37-43(3,4)31-19-11-13-21-35(31)47(37)25-15-17-27-61(58,59)45-33(41(54)55)29-39(50)51/h5-13,18-23,32-33,44-45H,14-17,24-29H2,1-4H3,(H3-,48,49,50,51,52,53,54,55)/p+1. The normalized spacial score (nSPS) is 17.6. The van der Waals surface area contributed by atoms with E-state index in [9.17, 15) is 46.2 Å². The van der Waals surface area contributed by atoms with Gasteiger partial charge in [0.1, 0.15) is 18.6 Å². The van der Waals surface area contributed by atoms with Gasteiger partial charge in [-0.3, -0.25) is 19.2 Å². The lowest BCUT2D eigenvalue weighted by molar-refractivity contribution is -0.438. The molecular weight excluding hydrogens is 829 g/mol. The Morgan fingerprint density at radius 2 is 1.18 bits per heavy atom. The Bertz CT molecular complexity index is 2360. The molecule has 0 saturated carbocycles. The fourth-order valence-electron chi connectivity index (χ4n) is 7.63. The molecule has 0 spiro atoms. The van der Waals surface area contributed by atoms with E-state index >= 15 is 0 Å². The molecule has 0 bridgehead atoms. The van der Waals surface area contributed by atoms with Gasteiger partial charge in [0.15, 0.2) is 5.71 Å². The highest BCUT2D eigenvalue weighted by molar-refractivity contribution is 7.89. The number of rotatable bonds is 24. The maximum absolute atomic E-state index is 12.6. The van der Waals surface area contributed by atoms with Gasteiger partial charge in [-0.25, -0.2) is 26.3 Å². The minimum absolute atomic E-state index is 0.217. The van der Waals surface area contributed by atoms with E-state index in [0.29, 0.717) is 25.9 Å². The molecule has 6 N–H and O–H groups in total. The number of benzene rings is 2. The maximum Gasteiger partial charge on any atom is 0.322 e. The van der Waals surface area contributed by atoms with Crippen molar-refractivity contribution in [3.63, 3.8) is 0 Å². The summed E-state index contributed by atoms with van der Waals surface area (Å²) in [4.78, 5) is 46.9. The second-order valence-corrected chi connectivity index (χ2v) is 19.7. The van der Waals surface area contributed by atoms with E-state index in [4.69, 9.17) is 10.2 Å². The van der Waals surface area contributed by atoms with Crippen LogP contribution >= 0.6 is 0 Å². The molecule has 61 heavy (non-hydrogen) atoms. The van der Waals surface area contributed by atoms with Gasteiger partial charge in [-0.05, 0) is 50.8 Å². The number of carbonyl (C=O) groups is 4. The van der Waals surface area contributed by atoms with Crippen molar-refractivity contribution < 1.29 is 61.0 Å². The summed E-state index contributed by atoms with van der Waals surface area (Å²) < 4.78 is 56.5. The first-order chi connectivity index (χ1) is 28.6. The summed E-state index contributed by atoms with van der Waals surface area (Å²) in [5, 5.41) is 36.4. The van der Waals surface area contributed by atoms with Crippen molar-refractivity contribution in [2.24, 2.45) is 0 Å². The predicted octanol–water partition coefficient (Wildman–Crippen LogP) is 4.67. The fourth-order valence-corrected chi connectivity index (χ4v) is 10.3. The molecule has 4 rings (SSSR count). The number of hydrogen-bond acceptors (Lipinski definition) is 9. The first kappa shape index (κ1) is 48.2. The first-order valence-electron chi connectivity index (χ1n) is 19.8. The van der Waals surface area contributed by atoms with E-state index < -0.39 is 68.8 Å². The second-order valence-electron chi connectivity index (χ2n) is 15.9. The van der Waals surface area contributed by atoms with Gasteiger partial charge in [-0.15, -0.1) is 0 Å². The minimum Gasteiger partial charge on any atom is -0.481 e. The van der Waals surface area contributed by atoms with E-state index in [-0.39, 0.29) is 35.2 Å². The highest BCUT2D eigenvalue weighted by atomic mass is 32.2. The van der Waals surface area contributed by atoms with Crippen molar-refractivity contribution in [3.8, 4) is 0 Å². The number of sulfonamides is 2. The molecule has 0 radical (unpaired) electrons. The average molecular weight is 884 g/mol. The molecule has 330 valence electrons. The maximum atomic E-state index is 12.6. The number of allylic oxidation sites excluding steroid dienone is 8. The number of carboxylic acids is 4. The third kappa shape index (κ3) is 12.8. The van der Waals surface area contributed by atoms with Gasteiger partial charge in [0.05, 0.1) is 29.8 Å². The molecule has 2 aliphatic heterocycles. The van der Waals surface area contributed by atoms with Crippen molar-refractivity contribution in [2.45, 2.75) is 89.1 Å². The third-order valence-corrected chi connectivity index (χ3v) is 13.6. The Labute approximate surface area is 356 Å². The molecular formula is C43H55N4O12S2+. The molecule has 18 heteroatoms. The summed E-state index contributed by atoms with van der Waals surface area (Å²) in [6.07, 6.45) is 13.2. The molecule has 0 fully saturated rings. The molecule has 2 heterocycles. The monoisotopic (exact) mass is 883 g/mol. The van der Waals surface area contributed by atoms with Crippen molar-refractivity contribution in [3.05, 3.63) is 108 Å². The van der Waals surface area contributed by atoms with Gasteiger partial charge in [0.25, 0.3) is 0 Å². The Kier molecular flexibility index (Phi) is 16.1. The summed E-state index contributed by atoms with van der Waals surface area (Å²) in [6.45, 7) is 9.44. The van der Waals surface area contributed by atoms with Gasteiger partial charge < -0.3 is 25.3 Å². The Morgan fingerprint density at radius 1 is 0.672 bits per heavy atom. The number of unbranched alkanes of at least 4 members (excludes halogenated alkanes) is 2. The van der Waals surface area contributed by atoms with E-state index in [1.165, 1.54) is 0 Å². The average Bonchev–Trinajstić information content (AvgIpc) is 3.51. The van der Waals surface area contributed by atoms with Gasteiger partial charge in [0.2, 0.25) is 25.7 Å². The molecule has 16 nitrogen and oxygen atoms in total. The van der Waals surface area contributed by atoms with Gasteiger partial charge in [0, 0.05) is 47.5 Å². The molecule has 2 aromatic rings. The number of fused-ring (bicyclic) bond motifs is 2. The molecule has 0 aromatic heterocycles. The summed E-state index contributed by atoms with van der Waals surface area (Å²) in [6, 6.07) is 12.5. The van der Waals surface area contributed by atoms with Crippen molar-refractivity contribution >= 4 is 61.0 Å². The Hall–Kier alpha value is -5.43. The summed E-state index contributed by atoms with van der Waals surface area (Å²) in [7, 11) is -8.09. The molecule has 0 aliphatic carbocycles. The van der Waals surface area contributed by atoms with E-state index in [1.54, 1.807) is 0 Å². The molecule has 2 aromatic carbocycles. The Balaban J connectivity index is 1.44. The Morgan fingerprint density at radius 3 is 1.75 bits per heavy atom. The second kappa shape index (κ2) is 20.4. The lowest BCUT2D eigenvalue weighted by Gasteiger charge is -2.27. The number of hydrogen-bond donors (Lipinski definition) is 6. The zero-order valence-corrected chi connectivity index (χ0v) is 36.3. The van der Waals surface area contributed by atoms with Crippen molar-refractivity contribution in [2.75, 3.05) is 29.5 Å². The van der Waals surface area contributed by atoms with Crippen molar-refractivity contribution in [1.29, 1.82) is 0 Å². The van der Waals surface area contributed by atoms with E-state index in [0.717, 1.165) is 33.9 Å². The van der Waals surface area contributed by atoms with Crippen LogP contribution in [-0.2, 0) is 50.1 Å². The topological polar surface area (TPSA) is 248 Å². The van der Waals surface area contributed by atoms with Crippen LogP contribution in [0.1, 0.15) is 77.3 Å². The zero-order valence-electron chi connectivity index (χ0n) is 34.7. The van der Waals surface area contributed by atoms with Gasteiger partial charge >= 0.3 is 23.9 Å². The van der Waals surface area contributed by atoms with Crippen molar-refractivity contribution in [1.82, 2.24) is 9.44 Å². The lowest BCUT2D eigenvalue weighted by atomic mass is 9.81. The van der Waals surface area contributed by atoms with Crippen LogP contribution in [0.5, 0.6) is 0 Å². The molecule has 2 unspecified atom stereocenters. The minimum atomic E-state index is -4.04. The smallest absolute Gasteiger partial charge is 0.322 e. The first-order valence-corrected chi connectivity index (χ1v) is 23.1. The summed E-state index contributed by atoms with van der Waals surface area (Å²) in [5.74, 6) is -6.69. The number of aliphatic carboxylic acids is 4. The zero-order chi connectivity index (χ0) is 45.2. The molecule has 2 atom stereocenters. The van der Waals surface area contributed by atoms with Crippen LogP contribution < -0.4 is 14.3 Å². The number of para-hydroxylation sites is 2. The molecule has 0 saturated heterocycles. The van der Waals surface area contributed by atoms with Crippen LogP contribution in [0.4, 0.5) is 11.4 Å². The third-order valence-electron chi connectivity index (χ3n) is 10.6. The van der Waals surface area contributed by atoms with Crippen LogP contribution in [0.15, 0.2) is 96.8 Å². The van der Waals surface area contributed by atoms with Crippen LogP contribution in [0, 0.1) is 0 Å². The number of nitrogens with zero attached hydrogens (tertiary/aromatic N) is 2. The number of nitrogens with one attached hydrogen (secondary N) is 2. The molecule has 0 amide bonds. The van der Waals surface area contributed by atoms with Crippen LogP contribution in [0.25, 0.3) is 0 Å². The number of carboxylic acid groups (broad SMARTS) is 4. The fraction of sp³-hybridized carbons (Fsp3) is 0.419. The molecule has 2 aliphatic rings. The largest absolute Gasteiger partial charge is 0.481 e. The van der Waals surface area contributed by atoms with Gasteiger partial charge in [-0.1, -0.05) is 80.6 Å². The quantitative estimate of drug-likeness (QED) is 0.0478. The van der Waals surface area contributed by atoms with Crippen LogP contribution in [0.2, 0.25) is 0 Å².